The number of nitro benzene ring substituents is 1. The number of imide groups is 1. The molecule has 1 aliphatic rings. The van der Waals surface area contributed by atoms with Gasteiger partial charge in [-0.05, 0) is 11.6 Å². The quantitative estimate of drug-likeness (QED) is 0.568. The van der Waals surface area contributed by atoms with E-state index in [2.05, 4.69) is 10.6 Å². The third-order valence-corrected chi connectivity index (χ3v) is 4.69. The number of non-ortho nitro benzene ring substituents is 1. The molecule has 0 aliphatic carbocycles. The molecule has 2 N–H and O–H groups in total. The summed E-state index contributed by atoms with van der Waals surface area (Å²) in [5, 5.41) is 15.9. The number of nitro groups is 1. The number of piperazine rings is 1. The van der Waals surface area contributed by atoms with Crippen LogP contribution in [-0.4, -0.2) is 54.5 Å². The largest absolute Gasteiger partial charge is 0.369 e. The van der Waals surface area contributed by atoms with Crippen LogP contribution < -0.4 is 15.5 Å². The fourth-order valence-electron chi connectivity index (χ4n) is 3.16. The number of hydrogen-bond donors (Lipinski definition) is 2. The van der Waals surface area contributed by atoms with Gasteiger partial charge in [0.1, 0.15) is 0 Å². The minimum atomic E-state index is -0.519. The number of carbonyl (C=O) groups is 2. The number of nitrogens with one attached hydrogen (secondary N) is 2. The molecule has 0 atom stereocenters. The lowest BCUT2D eigenvalue weighted by Gasteiger charge is -2.35. The van der Waals surface area contributed by atoms with Gasteiger partial charge in [-0.15, -0.1) is 0 Å². The molecule has 0 bridgehead atoms. The van der Waals surface area contributed by atoms with E-state index in [1.54, 1.807) is 12.1 Å². The maximum Gasteiger partial charge on any atom is 0.321 e. The molecule has 1 heterocycles. The van der Waals surface area contributed by atoms with Gasteiger partial charge in [-0.25, -0.2) is 4.79 Å². The maximum absolute atomic E-state index is 12.1. The second-order valence-electron chi connectivity index (χ2n) is 6.76. The average molecular weight is 397 g/mol. The smallest absolute Gasteiger partial charge is 0.321 e. The van der Waals surface area contributed by atoms with Crippen LogP contribution in [0.2, 0.25) is 0 Å². The molecule has 1 saturated heterocycles. The highest BCUT2D eigenvalue weighted by molar-refractivity contribution is 5.95. The highest BCUT2D eigenvalue weighted by atomic mass is 16.6. The second kappa shape index (κ2) is 9.65. The van der Waals surface area contributed by atoms with Crippen LogP contribution in [0.4, 0.5) is 16.2 Å². The molecule has 152 valence electrons. The third-order valence-electron chi connectivity index (χ3n) is 4.69. The molecule has 2 aromatic carbocycles. The van der Waals surface area contributed by atoms with E-state index in [4.69, 9.17) is 0 Å². The summed E-state index contributed by atoms with van der Waals surface area (Å²) < 4.78 is 0. The number of amides is 3. The first-order chi connectivity index (χ1) is 14.0. The van der Waals surface area contributed by atoms with Gasteiger partial charge in [-0.2, -0.15) is 0 Å². The minimum Gasteiger partial charge on any atom is -0.369 e. The van der Waals surface area contributed by atoms with Crippen LogP contribution in [-0.2, 0) is 11.3 Å². The Balaban J connectivity index is 1.41. The van der Waals surface area contributed by atoms with Gasteiger partial charge in [-0.1, -0.05) is 36.4 Å². The Morgan fingerprint density at radius 2 is 1.72 bits per heavy atom. The summed E-state index contributed by atoms with van der Waals surface area (Å²) in [6.07, 6.45) is 0. The number of hydrogen-bond acceptors (Lipinski definition) is 6. The zero-order chi connectivity index (χ0) is 20.6. The predicted octanol–water partition coefficient (Wildman–Crippen LogP) is 1.74. The van der Waals surface area contributed by atoms with Crippen LogP contribution >= 0.6 is 0 Å². The lowest BCUT2D eigenvalue weighted by atomic mass is 10.2. The zero-order valence-electron chi connectivity index (χ0n) is 15.9. The van der Waals surface area contributed by atoms with Crippen molar-refractivity contribution in [3.05, 3.63) is 70.3 Å². The molecule has 0 radical (unpaired) electrons. The summed E-state index contributed by atoms with van der Waals surface area (Å²) in [6.45, 7) is 3.02. The number of rotatable bonds is 6. The minimum absolute atomic E-state index is 0.0609. The summed E-state index contributed by atoms with van der Waals surface area (Å²) in [6, 6.07) is 15.5. The lowest BCUT2D eigenvalue weighted by Crippen LogP contribution is -2.51. The Morgan fingerprint density at radius 3 is 2.41 bits per heavy atom. The summed E-state index contributed by atoms with van der Waals surface area (Å²) >= 11 is 0. The van der Waals surface area contributed by atoms with Crippen molar-refractivity contribution < 1.29 is 14.5 Å². The van der Waals surface area contributed by atoms with Gasteiger partial charge in [-0.3, -0.25) is 25.1 Å². The van der Waals surface area contributed by atoms with E-state index in [9.17, 15) is 19.7 Å². The molecule has 0 spiro atoms. The van der Waals surface area contributed by atoms with E-state index in [0.29, 0.717) is 32.7 Å². The number of nitrogens with zero attached hydrogens (tertiary/aromatic N) is 3. The van der Waals surface area contributed by atoms with Crippen LogP contribution in [0.15, 0.2) is 54.6 Å². The van der Waals surface area contributed by atoms with Crippen LogP contribution in [0.25, 0.3) is 0 Å². The zero-order valence-corrected chi connectivity index (χ0v) is 15.9. The first kappa shape index (κ1) is 20.3. The molecule has 0 unspecified atom stereocenters. The third kappa shape index (κ3) is 6.01. The number of benzene rings is 2. The molecule has 1 fully saturated rings. The molecule has 1 aliphatic heterocycles. The second-order valence-corrected chi connectivity index (χ2v) is 6.76. The van der Waals surface area contributed by atoms with E-state index in [-0.39, 0.29) is 18.1 Å². The van der Waals surface area contributed by atoms with Gasteiger partial charge >= 0.3 is 6.03 Å². The molecule has 29 heavy (non-hydrogen) atoms. The van der Waals surface area contributed by atoms with Gasteiger partial charge in [0.05, 0.1) is 11.5 Å². The number of anilines is 1. The molecule has 0 saturated carbocycles. The Hall–Kier alpha value is -3.46. The molecule has 9 heteroatoms. The monoisotopic (exact) mass is 397 g/mol. The molecule has 3 rings (SSSR count). The fraction of sp³-hybridized carbons (Fsp3) is 0.300. The number of urea groups is 1. The Kier molecular flexibility index (Phi) is 6.75. The molecule has 2 aromatic rings. The van der Waals surface area contributed by atoms with Crippen molar-refractivity contribution in [3.63, 3.8) is 0 Å². The highest BCUT2D eigenvalue weighted by Crippen LogP contribution is 2.22. The SMILES string of the molecule is O=C(CN1CCN(c2cccc([N+](=O)[O-])c2)CC1)NC(=O)NCc1ccccc1. The first-order valence-corrected chi connectivity index (χ1v) is 9.34. The van der Waals surface area contributed by atoms with E-state index in [1.807, 2.05) is 46.2 Å². The van der Waals surface area contributed by atoms with E-state index < -0.39 is 11.0 Å². The summed E-state index contributed by atoms with van der Waals surface area (Å²) in [4.78, 5) is 38.5. The molecule has 0 aromatic heterocycles. The van der Waals surface area contributed by atoms with Crippen molar-refractivity contribution in [2.75, 3.05) is 37.6 Å². The van der Waals surface area contributed by atoms with Crippen molar-refractivity contribution in [2.24, 2.45) is 0 Å². The predicted molar refractivity (Wildman–Crippen MR) is 109 cm³/mol. The van der Waals surface area contributed by atoms with Crippen molar-refractivity contribution in [2.45, 2.75) is 6.54 Å². The van der Waals surface area contributed by atoms with Crippen LogP contribution in [0, 0.1) is 10.1 Å². The van der Waals surface area contributed by atoms with Gasteiger partial charge in [0.2, 0.25) is 5.91 Å². The van der Waals surface area contributed by atoms with Crippen molar-refractivity contribution in [1.82, 2.24) is 15.5 Å². The normalized spacial score (nSPS) is 14.3. The Bertz CT molecular complexity index is 866. The van der Waals surface area contributed by atoms with Crippen LogP contribution in [0.5, 0.6) is 0 Å². The Labute approximate surface area is 168 Å². The standard InChI is InChI=1S/C20H23N5O4/c26-19(22-20(27)21-14-16-5-2-1-3-6-16)15-23-9-11-24(12-10-23)17-7-4-8-18(13-17)25(28)29/h1-8,13H,9-12,14-15H2,(H2,21,22,26,27). The van der Waals surface area contributed by atoms with Crippen LogP contribution in [0.1, 0.15) is 5.56 Å². The number of carbonyl (C=O) groups excluding carboxylic acids is 2. The topological polar surface area (TPSA) is 108 Å². The van der Waals surface area contributed by atoms with E-state index >= 15 is 0 Å². The van der Waals surface area contributed by atoms with Crippen LogP contribution in [0.3, 0.4) is 0 Å². The van der Waals surface area contributed by atoms with Crippen molar-refractivity contribution in [1.29, 1.82) is 0 Å². The van der Waals surface area contributed by atoms with Crippen molar-refractivity contribution >= 4 is 23.3 Å². The van der Waals surface area contributed by atoms with Crippen molar-refractivity contribution in [3.8, 4) is 0 Å². The molecule has 3 amide bonds. The van der Waals surface area contributed by atoms with Gasteiger partial charge in [0.15, 0.2) is 0 Å². The van der Waals surface area contributed by atoms with E-state index in [1.165, 1.54) is 6.07 Å². The maximum atomic E-state index is 12.1. The average Bonchev–Trinajstić information content (AvgIpc) is 2.73. The molecule has 9 nitrogen and oxygen atoms in total. The summed E-state index contributed by atoms with van der Waals surface area (Å²) in [7, 11) is 0. The summed E-state index contributed by atoms with van der Waals surface area (Å²) in [5.74, 6) is -0.362. The van der Waals surface area contributed by atoms with Gasteiger partial charge in [0.25, 0.3) is 5.69 Å². The lowest BCUT2D eigenvalue weighted by molar-refractivity contribution is -0.384. The summed E-state index contributed by atoms with van der Waals surface area (Å²) in [5.41, 5.74) is 1.81. The van der Waals surface area contributed by atoms with Gasteiger partial charge in [0, 0.05) is 50.5 Å². The highest BCUT2D eigenvalue weighted by Gasteiger charge is 2.21. The fourth-order valence-corrected chi connectivity index (χ4v) is 3.16. The molecular weight excluding hydrogens is 374 g/mol. The first-order valence-electron chi connectivity index (χ1n) is 9.34. The van der Waals surface area contributed by atoms with Gasteiger partial charge < -0.3 is 10.2 Å². The Morgan fingerprint density at radius 1 is 1.00 bits per heavy atom. The van der Waals surface area contributed by atoms with E-state index in [0.717, 1.165) is 11.3 Å². The molecular formula is C20H23N5O4.